The molecule has 0 radical (unpaired) electrons. The predicted octanol–water partition coefficient (Wildman–Crippen LogP) is 14.8. The largest absolute Gasteiger partial charge is 0.494 e. The summed E-state index contributed by atoms with van der Waals surface area (Å²) in [6.45, 7) is 50.2. The quantitative estimate of drug-likeness (QED) is 0.102. The SMILES string of the molecule is CC(=O)N1CCC2(CC1)C(=O)N(C1CC(N3CCCCC3)C1)c1cc(B3OC(C)(C)C(C)(C)O3)ccc12.CC1(C)OB(c2ccc3c(c2)N(C2CC(N4CCCCC4)C2)C(=O)C32CCCCC2)OC1(C)C.CC1(C)OB(c2ccc3c(c2)N(C2CC(N4CCCCC4)C2)C(=O)C32CCN(C3COC3)CC2)OC1(C)C.CC1(C)OB(c2ccc3c(c2)N(C2CC(N4CCCCC4)C2)C(=O)C32CCN(CC(F)F)CC2)OC1(C)C. The second kappa shape index (κ2) is 39.6. The summed E-state index contributed by atoms with van der Waals surface area (Å²) in [5.41, 5.74) is 7.81. The summed E-state index contributed by atoms with van der Waals surface area (Å²) in [6.07, 6.45) is 31.8. The van der Waals surface area contributed by atoms with E-state index in [1.165, 1.54) is 134 Å². The molecule has 147 heavy (non-hydrogen) atoms. The highest BCUT2D eigenvalue weighted by Crippen LogP contribution is 2.59. The van der Waals surface area contributed by atoms with Crippen LogP contribution in [-0.2, 0) is 87.6 Å². The van der Waals surface area contributed by atoms with Crippen LogP contribution < -0.4 is 41.5 Å². The zero-order chi connectivity index (χ0) is 103. The first-order valence-corrected chi connectivity index (χ1v) is 57.8. The number of halogens is 2. The molecule has 0 N–H and O–H groups in total. The Balaban J connectivity index is 0.000000111. The number of benzene rings is 4. The maximum atomic E-state index is 14.5. The van der Waals surface area contributed by atoms with E-state index in [0.717, 1.165) is 185 Å². The number of carbonyl (C=O) groups excluding carboxylic acids is 5. The molecular formula is C116H169B4F2N11O14. The van der Waals surface area contributed by atoms with E-state index in [-0.39, 0.29) is 64.2 Å². The van der Waals surface area contributed by atoms with Crippen LogP contribution in [0.25, 0.3) is 0 Å². The van der Waals surface area contributed by atoms with Crippen molar-refractivity contribution in [3.63, 3.8) is 0 Å². The van der Waals surface area contributed by atoms with Gasteiger partial charge < -0.3 is 86.1 Å². The highest BCUT2D eigenvalue weighted by atomic mass is 19.3. The Morgan fingerprint density at radius 1 is 0.293 bits per heavy atom. The molecular weight excluding hydrogens is 1850 g/mol. The molecule has 0 aromatic heterocycles. The third-order valence-corrected chi connectivity index (χ3v) is 41.9. The molecule has 25 rings (SSSR count). The van der Waals surface area contributed by atoms with Crippen LogP contribution in [0.5, 0.6) is 0 Å². The Morgan fingerprint density at radius 3 is 0.748 bits per heavy atom. The molecule has 31 heteroatoms. The zero-order valence-corrected chi connectivity index (χ0v) is 91.8. The minimum Gasteiger partial charge on any atom is -0.399 e. The fraction of sp³-hybridized carbons (Fsp3) is 0.750. The number of nitrogens with zero attached hydrogens (tertiary/aromatic N) is 11. The van der Waals surface area contributed by atoms with Crippen LogP contribution in [0.2, 0.25) is 0 Å². The highest BCUT2D eigenvalue weighted by molar-refractivity contribution is 6.64. The van der Waals surface area contributed by atoms with E-state index in [4.69, 9.17) is 42.0 Å². The van der Waals surface area contributed by atoms with Crippen molar-refractivity contribution in [3.05, 3.63) is 95.1 Å². The number of amides is 5. The third kappa shape index (κ3) is 18.6. The van der Waals surface area contributed by atoms with E-state index in [1.54, 1.807) is 11.8 Å². The number of likely N-dealkylation sites (tertiary alicyclic amines) is 7. The Hall–Kier alpha value is -6.25. The van der Waals surface area contributed by atoms with Gasteiger partial charge in [-0.1, -0.05) is 93.5 Å². The second-order valence-corrected chi connectivity index (χ2v) is 52.5. The van der Waals surface area contributed by atoms with Gasteiger partial charge in [-0.15, -0.1) is 0 Å². The molecule has 4 aromatic rings. The van der Waals surface area contributed by atoms with Gasteiger partial charge in [0.05, 0.1) is 92.3 Å². The summed E-state index contributed by atoms with van der Waals surface area (Å²) in [6, 6.07) is 29.9. The summed E-state index contributed by atoms with van der Waals surface area (Å²) in [7, 11) is -1.75. The van der Waals surface area contributed by atoms with Crippen LogP contribution in [0.4, 0.5) is 31.5 Å². The molecule has 17 fully saturated rings. The highest BCUT2D eigenvalue weighted by Gasteiger charge is 2.65. The average Bonchev–Trinajstić information content (AvgIpc) is 1.51. The molecule has 5 saturated carbocycles. The lowest BCUT2D eigenvalue weighted by Gasteiger charge is -2.48. The number of alkyl halides is 2. The lowest BCUT2D eigenvalue weighted by molar-refractivity contribution is -0.134. The van der Waals surface area contributed by atoms with Crippen molar-refractivity contribution in [2.75, 3.05) is 131 Å². The van der Waals surface area contributed by atoms with Crippen LogP contribution in [0.3, 0.4) is 0 Å². The molecule has 798 valence electrons. The topological polar surface area (TPSA) is 204 Å². The lowest BCUT2D eigenvalue weighted by Crippen LogP contribution is -2.59. The number of hydrogen-bond donors (Lipinski definition) is 0. The number of fused-ring (bicyclic) bond motifs is 8. The number of rotatable bonds is 15. The molecule has 0 atom stereocenters. The third-order valence-electron chi connectivity index (χ3n) is 41.9. The number of carbonyl (C=O) groups is 5. The van der Waals surface area contributed by atoms with Crippen molar-refractivity contribution >= 4 is 103 Å². The van der Waals surface area contributed by atoms with Crippen molar-refractivity contribution in [2.24, 2.45) is 0 Å². The van der Waals surface area contributed by atoms with Gasteiger partial charge in [0.15, 0.2) is 0 Å². The summed E-state index contributed by atoms with van der Waals surface area (Å²) >= 11 is 0. The van der Waals surface area contributed by atoms with Gasteiger partial charge in [0.1, 0.15) is 0 Å². The second-order valence-electron chi connectivity index (χ2n) is 52.5. The Labute approximate surface area is 876 Å². The Morgan fingerprint density at radius 2 is 0.517 bits per heavy atom. The summed E-state index contributed by atoms with van der Waals surface area (Å²) in [4.78, 5) is 94.8. The first kappa shape index (κ1) is 105. The molecule has 0 bridgehead atoms. The van der Waals surface area contributed by atoms with E-state index in [9.17, 15) is 32.8 Å². The normalized spacial score (nSPS) is 31.6. The van der Waals surface area contributed by atoms with Crippen molar-refractivity contribution in [3.8, 4) is 0 Å². The molecule has 16 aliphatic heterocycles. The molecule has 16 heterocycles. The van der Waals surface area contributed by atoms with Gasteiger partial charge >= 0.3 is 28.5 Å². The van der Waals surface area contributed by atoms with Gasteiger partial charge in [0, 0.05) is 91.1 Å². The predicted molar refractivity (Wildman–Crippen MR) is 576 cm³/mol. The average molecular weight is 2020 g/mol. The first-order chi connectivity index (χ1) is 69.9. The van der Waals surface area contributed by atoms with E-state index < -0.39 is 73.5 Å². The van der Waals surface area contributed by atoms with Gasteiger partial charge in [0.2, 0.25) is 29.5 Å². The van der Waals surface area contributed by atoms with Crippen molar-refractivity contribution < 1.29 is 74.7 Å². The fourth-order valence-electron chi connectivity index (χ4n) is 29.1. The van der Waals surface area contributed by atoms with E-state index in [0.29, 0.717) is 106 Å². The van der Waals surface area contributed by atoms with Crippen LogP contribution in [0.1, 0.15) is 339 Å². The van der Waals surface area contributed by atoms with Crippen LogP contribution in [-0.4, -0.2) is 309 Å². The molecule has 4 aromatic carbocycles. The van der Waals surface area contributed by atoms with Crippen LogP contribution in [0, 0.1) is 0 Å². The van der Waals surface area contributed by atoms with Crippen molar-refractivity contribution in [2.45, 2.75) is 444 Å². The van der Waals surface area contributed by atoms with Gasteiger partial charge in [-0.25, -0.2) is 8.78 Å². The lowest BCUT2D eigenvalue weighted by atomic mass is 9.69. The van der Waals surface area contributed by atoms with Crippen molar-refractivity contribution in [1.82, 2.24) is 34.3 Å². The number of piperidine rings is 7. The molecule has 0 unspecified atom stereocenters. The number of anilines is 4. The fourth-order valence-corrected chi connectivity index (χ4v) is 29.1. The molecule has 5 aliphatic carbocycles. The number of hydrogen-bond acceptors (Lipinski definition) is 20. The van der Waals surface area contributed by atoms with E-state index in [2.05, 4.69) is 194 Å². The molecule has 5 amide bonds. The molecule has 4 spiro atoms. The first-order valence-electron chi connectivity index (χ1n) is 57.8. The van der Waals surface area contributed by atoms with Gasteiger partial charge in [-0.2, -0.15) is 0 Å². The van der Waals surface area contributed by atoms with Gasteiger partial charge in [-0.05, 0) is 412 Å². The standard InChI is InChI=1S/C30H44BN3O4.C29H42BF2N3O3.C29H42BN3O4.C28H41BN2O3/c1-28(2)29(3,4)38-31(37-28)21-8-9-25-26(16-21)34(23-17-22(18-23)32-12-6-5-7-13-32)27(35)30(25)10-14-33(15-11-30)24-19-36-20-24;1-27(2)28(3,4)38-30(37-27)20-8-9-23-24(16-20)35(22-17-21(18-22)34-12-6-5-7-13-34)26(36)29(23)10-14-33(15-11-29)19-25(31)32;1-20(34)31-15-11-29(12-16-31)24-10-9-21(30-36-27(2,3)28(4,5)37-30)17-25(24)33(26(29)35)23-18-22(19-23)32-13-7-6-8-14-32;1-26(2)27(3,4)34-29(33-26)20-11-12-23-24(17-20)31(25(32)28(23)13-7-5-8-14-28)22-18-21(19-22)30-15-9-6-10-16-30/h8-9,16,22-24H,5-7,10-15,17-20H2,1-4H3;8-9,16,21-22,25H,5-7,10-15,17-19H2,1-4H3;9-10,17,22-23H,6-8,11-16,18-19H2,1-5H3;11-12,17,21-22H,5-10,13-16,18-19H2,1-4H3. The van der Waals surface area contributed by atoms with E-state index in [1.807, 2.05) is 38.7 Å². The molecule has 12 saturated heterocycles. The minimum atomic E-state index is -2.35. The van der Waals surface area contributed by atoms with Gasteiger partial charge in [0.25, 0.3) is 6.43 Å². The summed E-state index contributed by atoms with van der Waals surface area (Å²) in [5, 5.41) is 0. The Bertz CT molecular complexity index is 5460. The van der Waals surface area contributed by atoms with Gasteiger partial charge in [-0.3, -0.25) is 33.8 Å². The number of ether oxygens (including phenoxy) is 1. The van der Waals surface area contributed by atoms with Crippen molar-refractivity contribution in [1.29, 1.82) is 0 Å². The Kier molecular flexibility index (Phi) is 28.3. The van der Waals surface area contributed by atoms with E-state index >= 15 is 0 Å². The zero-order valence-electron chi connectivity index (χ0n) is 91.8. The molecule has 21 aliphatic rings. The maximum absolute atomic E-state index is 14.5. The smallest absolute Gasteiger partial charge is 0.399 e. The van der Waals surface area contributed by atoms with Crippen LogP contribution >= 0.6 is 0 Å². The minimum absolute atomic E-state index is 0.0943. The summed E-state index contributed by atoms with van der Waals surface area (Å²) in [5.74, 6) is 1.20. The van der Waals surface area contributed by atoms with Crippen LogP contribution in [0.15, 0.2) is 72.8 Å². The maximum Gasteiger partial charge on any atom is 0.494 e. The summed E-state index contributed by atoms with van der Waals surface area (Å²) < 4.78 is 82.6. The molecule has 25 nitrogen and oxygen atoms in total. The monoisotopic (exact) mass is 2020 g/mol.